The number of anilines is 2. The zero-order valence-corrected chi connectivity index (χ0v) is 13.3. The van der Waals surface area contributed by atoms with Crippen molar-refractivity contribution in [1.29, 1.82) is 0 Å². The Bertz CT molecular complexity index is 780. The lowest BCUT2D eigenvalue weighted by Crippen LogP contribution is -2.38. The molecule has 0 spiro atoms. The number of fused-ring (bicyclic) bond motifs is 1. The third-order valence-electron chi connectivity index (χ3n) is 3.56. The number of amides is 2. The Kier molecular flexibility index (Phi) is 4.66. The minimum absolute atomic E-state index is 0.0961. The maximum atomic E-state index is 13.0. The van der Waals surface area contributed by atoms with Crippen molar-refractivity contribution in [3.63, 3.8) is 0 Å². The summed E-state index contributed by atoms with van der Waals surface area (Å²) in [5.74, 6) is -0.500. The molecule has 1 aliphatic rings. The van der Waals surface area contributed by atoms with Gasteiger partial charge in [-0.3, -0.25) is 9.59 Å². The molecule has 0 atom stereocenters. The fraction of sp³-hybridized carbons (Fsp3) is 0.176. The maximum absolute atomic E-state index is 13.0. The van der Waals surface area contributed by atoms with Gasteiger partial charge in [-0.2, -0.15) is 0 Å². The number of nitrogens with zero attached hydrogens (tertiary/aromatic N) is 1. The zero-order valence-electron chi connectivity index (χ0n) is 12.6. The highest BCUT2D eigenvalue weighted by Crippen LogP contribution is 2.35. The first-order chi connectivity index (χ1) is 11.6. The van der Waals surface area contributed by atoms with Gasteiger partial charge in [-0.15, -0.1) is 11.6 Å². The Balaban J connectivity index is 1.85. The Morgan fingerprint density at radius 2 is 2.00 bits per heavy atom. The van der Waals surface area contributed by atoms with Crippen LogP contribution in [0, 0.1) is 5.82 Å². The molecule has 0 unspecified atom stereocenters. The molecule has 0 aromatic heterocycles. The van der Waals surface area contributed by atoms with E-state index in [2.05, 4.69) is 5.32 Å². The number of hydrogen-bond acceptors (Lipinski definition) is 3. The Hall–Kier alpha value is -2.60. The molecule has 124 valence electrons. The highest BCUT2D eigenvalue weighted by molar-refractivity contribution is 6.29. The van der Waals surface area contributed by atoms with Crippen molar-refractivity contribution in [2.45, 2.75) is 6.54 Å². The number of carbonyl (C=O) groups excluding carboxylic acids is 2. The second-order valence-electron chi connectivity index (χ2n) is 5.26. The van der Waals surface area contributed by atoms with E-state index in [1.165, 1.54) is 12.1 Å². The number of alkyl halides is 1. The topological polar surface area (TPSA) is 58.6 Å². The molecule has 2 amide bonds. The number of hydrogen-bond donors (Lipinski definition) is 1. The molecule has 0 saturated heterocycles. The molecule has 2 aromatic rings. The molecule has 1 aliphatic heterocycles. The van der Waals surface area contributed by atoms with Gasteiger partial charge in [0, 0.05) is 11.8 Å². The predicted molar refractivity (Wildman–Crippen MR) is 88.9 cm³/mol. The average Bonchev–Trinajstić information content (AvgIpc) is 2.59. The number of carbonyl (C=O) groups is 2. The second-order valence-corrected chi connectivity index (χ2v) is 5.53. The van der Waals surface area contributed by atoms with Crippen molar-refractivity contribution in [2.24, 2.45) is 0 Å². The first-order valence-corrected chi connectivity index (χ1v) is 7.78. The van der Waals surface area contributed by atoms with Crippen LogP contribution in [0.15, 0.2) is 42.5 Å². The van der Waals surface area contributed by atoms with Crippen LogP contribution in [0.25, 0.3) is 0 Å². The quantitative estimate of drug-likeness (QED) is 0.864. The number of halogens is 2. The standard InChI is InChI=1S/C17H14ClFN2O3/c18-8-16(22)20-13-5-6-14-15(7-13)24-10-17(23)21(14)9-11-1-3-12(19)4-2-11/h1-7H,8-10H2,(H,20,22). The van der Waals surface area contributed by atoms with E-state index in [0.717, 1.165) is 5.56 Å². The minimum Gasteiger partial charge on any atom is -0.481 e. The fourth-order valence-corrected chi connectivity index (χ4v) is 2.49. The van der Waals surface area contributed by atoms with E-state index in [1.54, 1.807) is 35.2 Å². The molecule has 7 heteroatoms. The van der Waals surface area contributed by atoms with Crippen molar-refractivity contribution in [3.05, 3.63) is 53.8 Å². The SMILES string of the molecule is O=C(CCl)Nc1ccc2c(c1)OCC(=O)N2Cc1ccc(F)cc1. The van der Waals surface area contributed by atoms with Gasteiger partial charge in [-0.25, -0.2) is 4.39 Å². The molecule has 5 nitrogen and oxygen atoms in total. The van der Waals surface area contributed by atoms with Gasteiger partial charge in [0.25, 0.3) is 5.91 Å². The highest BCUT2D eigenvalue weighted by atomic mass is 35.5. The molecule has 0 bridgehead atoms. The third-order valence-corrected chi connectivity index (χ3v) is 3.80. The van der Waals surface area contributed by atoms with Crippen LogP contribution in [-0.4, -0.2) is 24.3 Å². The number of benzene rings is 2. The lowest BCUT2D eigenvalue weighted by Gasteiger charge is -2.29. The summed E-state index contributed by atoms with van der Waals surface area (Å²) in [5, 5.41) is 2.63. The Labute approximate surface area is 143 Å². The highest BCUT2D eigenvalue weighted by Gasteiger charge is 2.26. The van der Waals surface area contributed by atoms with Crippen molar-refractivity contribution >= 4 is 34.8 Å². The first kappa shape index (κ1) is 16.3. The van der Waals surface area contributed by atoms with Crippen LogP contribution in [0.2, 0.25) is 0 Å². The van der Waals surface area contributed by atoms with Crippen molar-refractivity contribution in [3.8, 4) is 5.75 Å². The molecule has 0 radical (unpaired) electrons. The summed E-state index contributed by atoms with van der Waals surface area (Å²) in [6.07, 6.45) is 0. The average molecular weight is 349 g/mol. The van der Waals surface area contributed by atoms with Crippen LogP contribution in [0.3, 0.4) is 0 Å². The Morgan fingerprint density at radius 1 is 1.25 bits per heavy atom. The summed E-state index contributed by atoms with van der Waals surface area (Å²) >= 11 is 5.47. The molecule has 24 heavy (non-hydrogen) atoms. The largest absolute Gasteiger partial charge is 0.481 e. The van der Waals surface area contributed by atoms with E-state index in [0.29, 0.717) is 23.7 Å². The lowest BCUT2D eigenvalue weighted by atomic mass is 10.1. The molecule has 1 heterocycles. The Morgan fingerprint density at radius 3 is 2.71 bits per heavy atom. The zero-order chi connectivity index (χ0) is 17.1. The molecule has 0 aliphatic carbocycles. The summed E-state index contributed by atoms with van der Waals surface area (Å²) in [5.41, 5.74) is 1.94. The van der Waals surface area contributed by atoms with Gasteiger partial charge in [0.2, 0.25) is 5.91 Å². The molecule has 1 N–H and O–H groups in total. The molecule has 2 aromatic carbocycles. The maximum Gasteiger partial charge on any atom is 0.265 e. The number of ether oxygens (including phenoxy) is 1. The first-order valence-electron chi connectivity index (χ1n) is 7.24. The van der Waals surface area contributed by atoms with E-state index >= 15 is 0 Å². The molecule has 3 rings (SSSR count). The van der Waals surface area contributed by atoms with Gasteiger partial charge in [0.05, 0.1) is 12.2 Å². The normalized spacial score (nSPS) is 13.2. The lowest BCUT2D eigenvalue weighted by molar-refractivity contribution is -0.121. The summed E-state index contributed by atoms with van der Waals surface area (Å²) in [7, 11) is 0. The number of rotatable bonds is 4. The van der Waals surface area contributed by atoms with Crippen LogP contribution in [0.4, 0.5) is 15.8 Å². The third kappa shape index (κ3) is 3.49. The number of nitrogens with one attached hydrogen (secondary N) is 1. The molecule has 0 saturated carbocycles. The van der Waals surface area contributed by atoms with E-state index in [9.17, 15) is 14.0 Å². The second kappa shape index (κ2) is 6.88. The van der Waals surface area contributed by atoms with E-state index in [4.69, 9.17) is 16.3 Å². The minimum atomic E-state index is -0.327. The van der Waals surface area contributed by atoms with Gasteiger partial charge in [-0.1, -0.05) is 12.1 Å². The monoisotopic (exact) mass is 348 g/mol. The summed E-state index contributed by atoms with van der Waals surface area (Å²) < 4.78 is 18.5. The molecular formula is C17H14ClFN2O3. The van der Waals surface area contributed by atoms with E-state index in [1.807, 2.05) is 0 Å². The summed E-state index contributed by atoms with van der Waals surface area (Å²) in [6, 6.07) is 11.0. The van der Waals surface area contributed by atoms with Crippen LogP contribution in [-0.2, 0) is 16.1 Å². The smallest absolute Gasteiger partial charge is 0.265 e. The van der Waals surface area contributed by atoms with Gasteiger partial charge < -0.3 is 15.0 Å². The van der Waals surface area contributed by atoms with E-state index < -0.39 is 0 Å². The van der Waals surface area contributed by atoms with Gasteiger partial charge >= 0.3 is 0 Å². The van der Waals surface area contributed by atoms with Crippen LogP contribution < -0.4 is 15.0 Å². The van der Waals surface area contributed by atoms with Crippen LogP contribution in [0.1, 0.15) is 5.56 Å². The van der Waals surface area contributed by atoms with Gasteiger partial charge in [0.15, 0.2) is 6.61 Å². The van der Waals surface area contributed by atoms with Crippen molar-refractivity contribution < 1.29 is 18.7 Å². The van der Waals surface area contributed by atoms with E-state index in [-0.39, 0.29) is 30.1 Å². The van der Waals surface area contributed by atoms with Crippen LogP contribution in [0.5, 0.6) is 5.75 Å². The van der Waals surface area contributed by atoms with Crippen molar-refractivity contribution in [2.75, 3.05) is 22.7 Å². The van der Waals surface area contributed by atoms with Gasteiger partial charge in [-0.05, 0) is 29.8 Å². The predicted octanol–water partition coefficient (Wildman–Crippen LogP) is 2.93. The molecular weight excluding hydrogens is 335 g/mol. The van der Waals surface area contributed by atoms with Gasteiger partial charge in [0.1, 0.15) is 17.4 Å². The molecule has 0 fully saturated rings. The summed E-state index contributed by atoms with van der Waals surface area (Å²) in [4.78, 5) is 25.1. The summed E-state index contributed by atoms with van der Waals surface area (Å²) in [6.45, 7) is 0.212. The fourth-order valence-electron chi connectivity index (χ4n) is 2.42. The van der Waals surface area contributed by atoms with Crippen molar-refractivity contribution in [1.82, 2.24) is 0 Å². The van der Waals surface area contributed by atoms with Crippen LogP contribution >= 0.6 is 11.6 Å².